The molecule has 4 heteroatoms. The van der Waals surface area contributed by atoms with Gasteiger partial charge in [0, 0.05) is 22.2 Å². The highest BCUT2D eigenvalue weighted by atomic mass is 35.5. The summed E-state index contributed by atoms with van der Waals surface area (Å²) in [5, 5.41) is 4.00. The number of halogens is 1. The van der Waals surface area contributed by atoms with Gasteiger partial charge in [-0.2, -0.15) is 0 Å². The summed E-state index contributed by atoms with van der Waals surface area (Å²) in [6.45, 7) is 0.798. The third-order valence-electron chi connectivity index (χ3n) is 5.24. The molecule has 0 heterocycles. The molecule has 0 aliphatic heterocycles. The predicted molar refractivity (Wildman–Crippen MR) is 106 cm³/mol. The third kappa shape index (κ3) is 5.09. The summed E-state index contributed by atoms with van der Waals surface area (Å²) in [5.74, 6) is 0.118. The lowest BCUT2D eigenvalue weighted by molar-refractivity contribution is -0.916. The van der Waals surface area contributed by atoms with Crippen LogP contribution in [0, 0.1) is 0 Å². The van der Waals surface area contributed by atoms with E-state index in [1.165, 1.54) is 24.8 Å². The summed E-state index contributed by atoms with van der Waals surface area (Å²) in [4.78, 5) is 14.3. The molecule has 2 unspecified atom stereocenters. The molecule has 1 aliphatic rings. The fourth-order valence-electron chi connectivity index (χ4n) is 3.87. The molecule has 26 heavy (non-hydrogen) atoms. The van der Waals surface area contributed by atoms with E-state index in [4.69, 9.17) is 11.6 Å². The molecule has 0 bridgehead atoms. The van der Waals surface area contributed by atoms with Crippen LogP contribution in [0.2, 0.25) is 5.02 Å². The van der Waals surface area contributed by atoms with E-state index in [1.54, 1.807) is 0 Å². The van der Waals surface area contributed by atoms with E-state index < -0.39 is 0 Å². The number of rotatable bonds is 6. The van der Waals surface area contributed by atoms with Gasteiger partial charge in [0.1, 0.15) is 6.54 Å². The molecule has 0 spiro atoms. The van der Waals surface area contributed by atoms with Crippen LogP contribution in [-0.2, 0) is 11.3 Å². The number of hydrogen-bond donors (Lipinski definition) is 2. The first kappa shape index (κ1) is 18.9. The molecule has 3 nitrogen and oxygen atoms in total. The fraction of sp³-hybridized carbons (Fsp3) is 0.409. The number of hydrogen-bond acceptors (Lipinski definition) is 1. The summed E-state index contributed by atoms with van der Waals surface area (Å²) in [6.07, 6.45) is 5.90. The molecule has 0 radical (unpaired) electrons. The van der Waals surface area contributed by atoms with Crippen molar-refractivity contribution in [1.29, 1.82) is 0 Å². The maximum Gasteiger partial charge on any atom is 0.283 e. The van der Waals surface area contributed by atoms with Crippen molar-refractivity contribution in [2.45, 2.75) is 50.7 Å². The van der Waals surface area contributed by atoms with Crippen LogP contribution in [0.3, 0.4) is 0 Å². The summed E-state index contributed by atoms with van der Waals surface area (Å²) in [6, 6.07) is 18.1. The molecule has 1 amide bonds. The van der Waals surface area contributed by atoms with Gasteiger partial charge in [-0.1, -0.05) is 73.3 Å². The van der Waals surface area contributed by atoms with Gasteiger partial charge in [-0.05, 0) is 25.0 Å². The molecule has 1 saturated carbocycles. The molecular weight excluding hydrogens is 344 g/mol. The molecule has 2 aromatic carbocycles. The van der Waals surface area contributed by atoms with Gasteiger partial charge in [0.2, 0.25) is 0 Å². The first-order valence-electron chi connectivity index (χ1n) is 9.55. The largest absolute Gasteiger partial charge is 0.348 e. The molecule has 1 fully saturated rings. The lowest BCUT2D eigenvalue weighted by atomic mass is 9.94. The van der Waals surface area contributed by atoms with E-state index >= 15 is 0 Å². The predicted octanol–water partition coefficient (Wildman–Crippen LogP) is 3.54. The molecule has 3 rings (SSSR count). The Hall–Kier alpha value is -1.84. The van der Waals surface area contributed by atoms with Crippen molar-refractivity contribution in [2.24, 2.45) is 0 Å². The van der Waals surface area contributed by atoms with E-state index in [0.717, 1.165) is 29.8 Å². The van der Waals surface area contributed by atoms with E-state index in [1.807, 2.05) is 42.5 Å². The second-order valence-corrected chi connectivity index (χ2v) is 7.77. The number of amides is 1. The highest BCUT2D eigenvalue weighted by Gasteiger charge is 2.31. The number of carbonyl (C=O) groups is 1. The zero-order valence-electron chi connectivity index (χ0n) is 15.4. The van der Waals surface area contributed by atoms with Crippen LogP contribution in [0.5, 0.6) is 0 Å². The number of carbonyl (C=O) groups excluding carboxylic acids is 1. The Kier molecular flexibility index (Phi) is 6.70. The second kappa shape index (κ2) is 9.20. The summed E-state index contributed by atoms with van der Waals surface area (Å²) >= 11 is 6.05. The van der Waals surface area contributed by atoms with Crippen molar-refractivity contribution in [1.82, 2.24) is 5.32 Å². The van der Waals surface area contributed by atoms with Gasteiger partial charge >= 0.3 is 0 Å². The molecule has 1 aliphatic carbocycles. The van der Waals surface area contributed by atoms with Gasteiger partial charge < -0.3 is 10.2 Å². The van der Waals surface area contributed by atoms with E-state index in [-0.39, 0.29) is 11.9 Å². The minimum Gasteiger partial charge on any atom is -0.348 e. The monoisotopic (exact) mass is 371 g/mol. The van der Waals surface area contributed by atoms with Crippen molar-refractivity contribution < 1.29 is 9.69 Å². The maximum absolute atomic E-state index is 13.2. The van der Waals surface area contributed by atoms with E-state index in [2.05, 4.69) is 24.5 Å². The van der Waals surface area contributed by atoms with E-state index in [9.17, 15) is 4.79 Å². The SMILES string of the molecule is C[NH+](Cc1ccccc1)C(C(=O)NC1CCCCC1)c1ccc(Cl)cc1. The number of nitrogens with one attached hydrogen (secondary N) is 2. The molecule has 2 aromatic rings. The Labute approximate surface area is 161 Å². The second-order valence-electron chi connectivity index (χ2n) is 7.34. The standard InChI is InChI=1S/C22H27ClN2O/c1-25(16-17-8-4-2-5-9-17)21(18-12-14-19(23)15-13-18)22(26)24-20-10-6-3-7-11-20/h2,4-5,8-9,12-15,20-21H,3,6-7,10-11,16H2,1H3,(H,24,26)/p+1. The highest BCUT2D eigenvalue weighted by Crippen LogP contribution is 2.20. The van der Waals surface area contributed by atoms with Crippen LogP contribution in [0.4, 0.5) is 0 Å². The molecule has 138 valence electrons. The average molecular weight is 372 g/mol. The third-order valence-corrected chi connectivity index (χ3v) is 5.49. The number of likely N-dealkylation sites (N-methyl/N-ethyl adjacent to an activating group) is 1. The molecule has 0 saturated heterocycles. The quantitative estimate of drug-likeness (QED) is 0.800. The topological polar surface area (TPSA) is 33.5 Å². The fourth-order valence-corrected chi connectivity index (χ4v) is 3.99. The molecule has 2 atom stereocenters. The van der Waals surface area contributed by atoms with Gasteiger partial charge in [-0.3, -0.25) is 4.79 Å². The van der Waals surface area contributed by atoms with Gasteiger partial charge in [0.05, 0.1) is 7.05 Å². The Morgan fingerprint density at radius 1 is 1.08 bits per heavy atom. The smallest absolute Gasteiger partial charge is 0.283 e. The Balaban J connectivity index is 1.78. The molecular formula is C22H28ClN2O+. The zero-order chi connectivity index (χ0) is 18.4. The van der Waals surface area contributed by atoms with Crippen LogP contribution in [-0.4, -0.2) is 19.0 Å². The first-order valence-corrected chi connectivity index (χ1v) is 9.93. The van der Waals surface area contributed by atoms with Crippen molar-refractivity contribution in [3.63, 3.8) is 0 Å². The minimum absolute atomic E-state index is 0.118. The zero-order valence-corrected chi connectivity index (χ0v) is 16.1. The van der Waals surface area contributed by atoms with Crippen LogP contribution >= 0.6 is 11.6 Å². The summed E-state index contributed by atoms with van der Waals surface area (Å²) in [7, 11) is 2.09. The highest BCUT2D eigenvalue weighted by molar-refractivity contribution is 6.30. The van der Waals surface area contributed by atoms with Crippen molar-refractivity contribution >= 4 is 17.5 Å². The average Bonchev–Trinajstić information content (AvgIpc) is 2.65. The number of quaternary nitrogens is 1. The maximum atomic E-state index is 13.2. The first-order chi connectivity index (χ1) is 12.6. The summed E-state index contributed by atoms with van der Waals surface area (Å²) < 4.78 is 0. The van der Waals surface area contributed by atoms with Crippen LogP contribution in [0.15, 0.2) is 54.6 Å². The Bertz CT molecular complexity index is 696. The Morgan fingerprint density at radius 3 is 2.38 bits per heavy atom. The number of benzene rings is 2. The molecule has 0 aromatic heterocycles. The lowest BCUT2D eigenvalue weighted by Crippen LogP contribution is -3.09. The van der Waals surface area contributed by atoms with Crippen LogP contribution in [0.25, 0.3) is 0 Å². The van der Waals surface area contributed by atoms with Crippen molar-refractivity contribution in [3.8, 4) is 0 Å². The van der Waals surface area contributed by atoms with Gasteiger partial charge in [-0.15, -0.1) is 0 Å². The Morgan fingerprint density at radius 2 is 1.73 bits per heavy atom. The summed E-state index contributed by atoms with van der Waals surface area (Å²) in [5.41, 5.74) is 2.24. The van der Waals surface area contributed by atoms with Crippen LogP contribution in [0.1, 0.15) is 49.3 Å². The molecule has 2 N–H and O–H groups in total. The van der Waals surface area contributed by atoms with Crippen LogP contribution < -0.4 is 10.2 Å². The van der Waals surface area contributed by atoms with Crippen molar-refractivity contribution in [3.05, 3.63) is 70.7 Å². The van der Waals surface area contributed by atoms with Gasteiger partial charge in [0.15, 0.2) is 6.04 Å². The van der Waals surface area contributed by atoms with Gasteiger partial charge in [0.25, 0.3) is 5.91 Å². The minimum atomic E-state index is -0.241. The van der Waals surface area contributed by atoms with E-state index in [0.29, 0.717) is 11.1 Å². The normalized spacial score (nSPS) is 17.5. The lowest BCUT2D eigenvalue weighted by Gasteiger charge is -2.28. The van der Waals surface area contributed by atoms with Gasteiger partial charge in [-0.25, -0.2) is 0 Å². The van der Waals surface area contributed by atoms with Crippen molar-refractivity contribution in [2.75, 3.05) is 7.05 Å².